The molecule has 0 amide bonds. The zero-order valence-corrected chi connectivity index (χ0v) is 13.3. The van der Waals surface area contributed by atoms with Crippen molar-refractivity contribution in [1.82, 2.24) is 5.32 Å². The summed E-state index contributed by atoms with van der Waals surface area (Å²) in [4.78, 5) is 0. The van der Waals surface area contributed by atoms with Gasteiger partial charge in [0.2, 0.25) is 0 Å². The average Bonchev–Trinajstić information content (AvgIpc) is 2.43. The summed E-state index contributed by atoms with van der Waals surface area (Å²) in [5.74, 6) is 0.893. The summed E-state index contributed by atoms with van der Waals surface area (Å²) in [5.41, 5.74) is 6.54. The molecule has 2 aromatic carbocycles. The molecule has 0 heterocycles. The number of nitrogens with one attached hydrogen (secondary N) is 1. The number of ether oxygens (including phenoxy) is 1. The van der Waals surface area contributed by atoms with Crippen LogP contribution in [-0.2, 0) is 6.54 Å². The molecule has 108 valence electrons. The number of methoxy groups -OCH3 is 1. The van der Waals surface area contributed by atoms with Crippen LogP contribution in [0.2, 0.25) is 0 Å². The highest BCUT2D eigenvalue weighted by Crippen LogP contribution is 2.26. The molecule has 0 spiro atoms. The fourth-order valence-corrected chi connectivity index (χ4v) is 2.40. The van der Waals surface area contributed by atoms with E-state index in [1.165, 1.54) is 27.8 Å². The molecule has 2 aromatic rings. The van der Waals surface area contributed by atoms with Gasteiger partial charge in [0, 0.05) is 6.54 Å². The molecule has 0 saturated heterocycles. The van der Waals surface area contributed by atoms with E-state index in [2.05, 4.69) is 43.4 Å². The van der Waals surface area contributed by atoms with Crippen LogP contribution in [0.4, 0.5) is 0 Å². The van der Waals surface area contributed by atoms with Gasteiger partial charge >= 0.3 is 0 Å². The maximum Gasteiger partial charge on any atom is 0.118 e. The molecular weight excluding hydrogens is 270 g/mol. The monoisotopic (exact) mass is 291 g/mol. The fourth-order valence-electron chi connectivity index (χ4n) is 2.40. The predicted octanol–water partition coefficient (Wildman–Crippen LogP) is 4.12. The first-order chi connectivity index (χ1) is 9.15. The van der Waals surface area contributed by atoms with E-state index in [4.69, 9.17) is 4.74 Å². The maximum atomic E-state index is 5.20. The Balaban J connectivity index is 0.00000200. The Morgan fingerprint density at radius 3 is 1.95 bits per heavy atom. The highest BCUT2D eigenvalue weighted by Gasteiger charge is 2.06. The third-order valence-corrected chi connectivity index (χ3v) is 3.47. The van der Waals surface area contributed by atoms with E-state index in [1.807, 2.05) is 19.2 Å². The van der Waals surface area contributed by atoms with Crippen molar-refractivity contribution in [3.8, 4) is 16.9 Å². The van der Waals surface area contributed by atoms with Gasteiger partial charge in [-0.25, -0.2) is 0 Å². The van der Waals surface area contributed by atoms with Crippen molar-refractivity contribution in [3.05, 3.63) is 53.1 Å². The van der Waals surface area contributed by atoms with Gasteiger partial charge in [0.1, 0.15) is 5.75 Å². The van der Waals surface area contributed by atoms with E-state index >= 15 is 0 Å². The van der Waals surface area contributed by atoms with Gasteiger partial charge in [0.25, 0.3) is 0 Å². The Morgan fingerprint density at radius 1 is 0.950 bits per heavy atom. The number of hydrogen-bond acceptors (Lipinski definition) is 2. The second-order valence-corrected chi connectivity index (χ2v) is 4.85. The molecule has 2 rings (SSSR count). The Kier molecular flexibility index (Phi) is 6.05. The minimum absolute atomic E-state index is 0. The topological polar surface area (TPSA) is 21.3 Å². The molecule has 3 heteroatoms. The highest BCUT2D eigenvalue weighted by molar-refractivity contribution is 5.85. The fraction of sp³-hybridized carbons (Fsp3) is 0.294. The van der Waals surface area contributed by atoms with Crippen LogP contribution >= 0.6 is 12.4 Å². The second kappa shape index (κ2) is 7.32. The molecule has 0 aliphatic heterocycles. The smallest absolute Gasteiger partial charge is 0.118 e. The van der Waals surface area contributed by atoms with E-state index in [9.17, 15) is 0 Å². The van der Waals surface area contributed by atoms with Crippen LogP contribution in [0.25, 0.3) is 11.1 Å². The van der Waals surface area contributed by atoms with Gasteiger partial charge in [-0.05, 0) is 60.8 Å². The van der Waals surface area contributed by atoms with Crippen molar-refractivity contribution in [2.24, 2.45) is 0 Å². The third-order valence-electron chi connectivity index (χ3n) is 3.47. The number of hydrogen-bond donors (Lipinski definition) is 1. The first-order valence-corrected chi connectivity index (χ1v) is 6.55. The minimum Gasteiger partial charge on any atom is -0.497 e. The van der Waals surface area contributed by atoms with Crippen molar-refractivity contribution in [1.29, 1.82) is 0 Å². The number of benzene rings is 2. The summed E-state index contributed by atoms with van der Waals surface area (Å²) in [6, 6.07) is 12.7. The Bertz CT molecular complexity index is 541. The minimum atomic E-state index is 0. The van der Waals surface area contributed by atoms with Crippen LogP contribution in [-0.4, -0.2) is 14.2 Å². The molecule has 1 N–H and O–H groups in total. The third kappa shape index (κ3) is 3.53. The van der Waals surface area contributed by atoms with Crippen LogP contribution in [0.5, 0.6) is 5.75 Å². The van der Waals surface area contributed by atoms with Crippen LogP contribution in [0.15, 0.2) is 36.4 Å². The molecule has 0 saturated carbocycles. The van der Waals surface area contributed by atoms with Crippen LogP contribution < -0.4 is 10.1 Å². The van der Waals surface area contributed by atoms with E-state index < -0.39 is 0 Å². The molecule has 0 atom stereocenters. The van der Waals surface area contributed by atoms with Gasteiger partial charge in [-0.2, -0.15) is 0 Å². The number of rotatable bonds is 4. The number of halogens is 1. The lowest BCUT2D eigenvalue weighted by molar-refractivity contribution is 0.415. The molecule has 0 radical (unpaired) electrons. The SMILES string of the molecule is CNCc1c(C)cc(-c2ccc(OC)cc2)cc1C.Cl. The van der Waals surface area contributed by atoms with Gasteiger partial charge in [-0.15, -0.1) is 12.4 Å². The summed E-state index contributed by atoms with van der Waals surface area (Å²) in [7, 11) is 3.67. The molecule has 0 aliphatic rings. The Hall–Kier alpha value is -1.51. The van der Waals surface area contributed by atoms with Crippen molar-refractivity contribution in [2.45, 2.75) is 20.4 Å². The molecule has 0 bridgehead atoms. The molecule has 0 fully saturated rings. The zero-order valence-electron chi connectivity index (χ0n) is 12.5. The van der Waals surface area contributed by atoms with Gasteiger partial charge < -0.3 is 10.1 Å². The van der Waals surface area contributed by atoms with Crippen molar-refractivity contribution in [3.63, 3.8) is 0 Å². The van der Waals surface area contributed by atoms with Crippen molar-refractivity contribution < 1.29 is 4.74 Å². The molecular formula is C17H22ClNO. The number of aryl methyl sites for hydroxylation is 2. The highest BCUT2D eigenvalue weighted by atomic mass is 35.5. The predicted molar refractivity (Wildman–Crippen MR) is 87.9 cm³/mol. The lowest BCUT2D eigenvalue weighted by Gasteiger charge is -2.13. The molecule has 2 nitrogen and oxygen atoms in total. The maximum absolute atomic E-state index is 5.20. The molecule has 0 unspecified atom stereocenters. The second-order valence-electron chi connectivity index (χ2n) is 4.85. The van der Waals surface area contributed by atoms with Crippen molar-refractivity contribution in [2.75, 3.05) is 14.2 Å². The first-order valence-electron chi connectivity index (χ1n) is 6.55. The quantitative estimate of drug-likeness (QED) is 0.915. The largest absolute Gasteiger partial charge is 0.497 e. The lowest BCUT2D eigenvalue weighted by Crippen LogP contribution is -2.08. The summed E-state index contributed by atoms with van der Waals surface area (Å²) in [6.07, 6.45) is 0. The summed E-state index contributed by atoms with van der Waals surface area (Å²) < 4.78 is 5.20. The van der Waals surface area contributed by atoms with Crippen LogP contribution in [0.3, 0.4) is 0 Å². The van der Waals surface area contributed by atoms with Crippen molar-refractivity contribution >= 4 is 12.4 Å². The zero-order chi connectivity index (χ0) is 13.8. The summed E-state index contributed by atoms with van der Waals surface area (Å²) in [6.45, 7) is 5.26. The summed E-state index contributed by atoms with van der Waals surface area (Å²) >= 11 is 0. The van der Waals surface area contributed by atoms with E-state index in [1.54, 1.807) is 7.11 Å². The Labute approximate surface area is 127 Å². The van der Waals surface area contributed by atoms with Gasteiger partial charge in [-0.3, -0.25) is 0 Å². The van der Waals surface area contributed by atoms with Crippen LogP contribution in [0, 0.1) is 13.8 Å². The Morgan fingerprint density at radius 2 is 1.50 bits per heavy atom. The first kappa shape index (κ1) is 16.5. The summed E-state index contributed by atoms with van der Waals surface area (Å²) in [5, 5.41) is 3.22. The van der Waals surface area contributed by atoms with Gasteiger partial charge in [0.05, 0.1) is 7.11 Å². The van der Waals surface area contributed by atoms with E-state index in [0.717, 1.165) is 12.3 Å². The molecule has 20 heavy (non-hydrogen) atoms. The van der Waals surface area contributed by atoms with E-state index in [0.29, 0.717) is 0 Å². The van der Waals surface area contributed by atoms with Gasteiger partial charge in [0.15, 0.2) is 0 Å². The van der Waals surface area contributed by atoms with Gasteiger partial charge in [-0.1, -0.05) is 24.3 Å². The lowest BCUT2D eigenvalue weighted by atomic mass is 9.95. The standard InChI is InChI=1S/C17H21NO.ClH/c1-12-9-15(10-13(2)17(12)11-18-3)14-5-7-16(19-4)8-6-14;/h5-10,18H,11H2,1-4H3;1H. The normalized spacial score (nSPS) is 10.0. The average molecular weight is 292 g/mol. The molecule has 0 aliphatic carbocycles. The van der Waals surface area contributed by atoms with E-state index in [-0.39, 0.29) is 12.4 Å². The molecule has 0 aromatic heterocycles. The van der Waals surface area contributed by atoms with Crippen LogP contribution in [0.1, 0.15) is 16.7 Å².